The van der Waals surface area contributed by atoms with E-state index in [0.717, 1.165) is 16.9 Å². The molecule has 0 aliphatic heterocycles. The lowest BCUT2D eigenvalue weighted by Gasteiger charge is -2.19. The molecule has 2 N–H and O–H groups in total. The molecular formula is C21H29F2N3O2S2. The maximum absolute atomic E-state index is 14.5. The zero-order valence-corrected chi connectivity index (χ0v) is 19.8. The Hall–Kier alpha value is -1.68. The third-order valence-corrected chi connectivity index (χ3v) is 7.61. The number of hydrogen-bond donors (Lipinski definition) is 1. The van der Waals surface area contributed by atoms with Crippen molar-refractivity contribution in [3.8, 4) is 0 Å². The number of benzene rings is 1. The number of halogens is 2. The lowest BCUT2D eigenvalue weighted by Crippen LogP contribution is -2.17. The highest BCUT2D eigenvalue weighted by Gasteiger charge is 2.23. The molecule has 5 nitrogen and oxygen atoms in total. The summed E-state index contributed by atoms with van der Waals surface area (Å²) in [6, 6.07) is 4.31. The molecule has 0 aliphatic rings. The predicted octanol–water partition coefficient (Wildman–Crippen LogP) is 4.80. The summed E-state index contributed by atoms with van der Waals surface area (Å²) in [5.74, 6) is -2.01. The van der Waals surface area contributed by atoms with Gasteiger partial charge in [0.05, 0.1) is 6.42 Å². The first-order valence-corrected chi connectivity index (χ1v) is 12.0. The van der Waals surface area contributed by atoms with Crippen molar-refractivity contribution in [2.45, 2.75) is 56.7 Å². The first-order valence-electron chi connectivity index (χ1n) is 9.65. The summed E-state index contributed by atoms with van der Waals surface area (Å²) >= 11 is 0.939. The minimum atomic E-state index is -3.74. The van der Waals surface area contributed by atoms with E-state index in [1.54, 1.807) is 6.07 Å². The highest BCUT2D eigenvalue weighted by molar-refractivity contribution is 7.93. The number of thiophene rings is 1. The van der Waals surface area contributed by atoms with Crippen LogP contribution in [0, 0.1) is 11.6 Å². The van der Waals surface area contributed by atoms with E-state index in [-0.39, 0.29) is 22.5 Å². The summed E-state index contributed by atoms with van der Waals surface area (Å²) in [6.07, 6.45) is -0.246. The van der Waals surface area contributed by atoms with Gasteiger partial charge in [-0.25, -0.2) is 18.1 Å². The van der Waals surface area contributed by atoms with Crippen LogP contribution in [0.5, 0.6) is 0 Å². The molecule has 2 aromatic rings. The molecule has 30 heavy (non-hydrogen) atoms. The molecule has 1 heterocycles. The Morgan fingerprint density at radius 1 is 1.17 bits per heavy atom. The van der Waals surface area contributed by atoms with Crippen molar-refractivity contribution in [3.63, 3.8) is 0 Å². The van der Waals surface area contributed by atoms with Gasteiger partial charge in [-0.3, -0.25) is 4.79 Å². The lowest BCUT2D eigenvalue weighted by atomic mass is 9.86. The van der Waals surface area contributed by atoms with Crippen molar-refractivity contribution in [1.82, 2.24) is 4.90 Å². The molecule has 2 rings (SSSR count). The second-order valence-corrected chi connectivity index (χ2v) is 11.3. The maximum atomic E-state index is 14.5. The van der Waals surface area contributed by atoms with Gasteiger partial charge >= 0.3 is 0 Å². The predicted molar refractivity (Wildman–Crippen MR) is 118 cm³/mol. The van der Waals surface area contributed by atoms with Gasteiger partial charge in [0.2, 0.25) is 0 Å². The summed E-state index contributed by atoms with van der Waals surface area (Å²) in [6.45, 7) is 8.02. The largest absolute Gasteiger partial charge is 0.304 e. The fraction of sp³-hybridized carbons (Fsp3) is 0.476. The van der Waals surface area contributed by atoms with Crippen molar-refractivity contribution in [2.75, 3.05) is 14.1 Å². The zero-order valence-electron chi connectivity index (χ0n) is 18.2. The standard InChI is InChI=1S/C21H29F2N3O2S2/c1-12(2)15-7-8-17(22)20(13(3)4)16(15)10-19(27)25-30(24,28)21-18(23)9-14(29-21)11-26(5)6/h7-9,12-13H,10-11H2,1-6H3,(H2,24,25,27,28). The fourth-order valence-electron chi connectivity index (χ4n) is 3.38. The molecule has 1 amide bonds. The average molecular weight is 458 g/mol. The number of rotatable bonds is 7. The molecule has 1 aromatic heterocycles. The van der Waals surface area contributed by atoms with Crippen molar-refractivity contribution in [2.24, 2.45) is 9.50 Å². The Bertz CT molecular complexity index is 1050. The molecule has 0 saturated heterocycles. The summed E-state index contributed by atoms with van der Waals surface area (Å²) in [4.78, 5) is 15.1. The van der Waals surface area contributed by atoms with Gasteiger partial charge < -0.3 is 4.90 Å². The quantitative estimate of drug-likeness (QED) is 0.649. The van der Waals surface area contributed by atoms with Gasteiger partial charge in [-0.05, 0) is 54.8 Å². The molecule has 9 heteroatoms. The van der Waals surface area contributed by atoms with E-state index in [1.807, 2.05) is 46.7 Å². The van der Waals surface area contributed by atoms with Crippen LogP contribution in [-0.4, -0.2) is 29.1 Å². The number of amides is 1. The van der Waals surface area contributed by atoms with Crippen molar-refractivity contribution < 1.29 is 17.8 Å². The Balaban J connectivity index is 2.46. The molecule has 1 unspecified atom stereocenters. The van der Waals surface area contributed by atoms with Crippen LogP contribution in [0.25, 0.3) is 0 Å². The van der Waals surface area contributed by atoms with E-state index in [0.29, 0.717) is 22.5 Å². The number of carbonyl (C=O) groups excluding carboxylic acids is 1. The SMILES string of the molecule is CC(C)c1ccc(F)c(C(C)C)c1CC(=O)N=S(N)(=O)c1sc(CN(C)C)cc1F. The third-order valence-electron chi connectivity index (χ3n) is 4.55. The monoisotopic (exact) mass is 457 g/mol. The first-order chi connectivity index (χ1) is 13.8. The van der Waals surface area contributed by atoms with E-state index >= 15 is 0 Å². The summed E-state index contributed by atoms with van der Waals surface area (Å²) in [7, 11) is -0.101. The van der Waals surface area contributed by atoms with Gasteiger partial charge in [0, 0.05) is 11.4 Å². The Morgan fingerprint density at radius 3 is 2.33 bits per heavy atom. The Kier molecular flexibility index (Phi) is 7.90. The first kappa shape index (κ1) is 24.6. The summed E-state index contributed by atoms with van der Waals surface area (Å²) in [5, 5.41) is 5.79. The van der Waals surface area contributed by atoms with Gasteiger partial charge in [-0.1, -0.05) is 33.8 Å². The van der Waals surface area contributed by atoms with Crippen LogP contribution >= 0.6 is 11.3 Å². The molecule has 0 aliphatic carbocycles. The highest BCUT2D eigenvalue weighted by atomic mass is 32.2. The highest BCUT2D eigenvalue weighted by Crippen LogP contribution is 2.31. The van der Waals surface area contributed by atoms with Crippen LogP contribution in [0.2, 0.25) is 0 Å². The van der Waals surface area contributed by atoms with Crippen LogP contribution in [0.3, 0.4) is 0 Å². The van der Waals surface area contributed by atoms with E-state index < -0.39 is 27.5 Å². The van der Waals surface area contributed by atoms with Crippen molar-refractivity contribution >= 4 is 27.2 Å². The molecule has 0 fully saturated rings. The Labute approximate surface area is 181 Å². The lowest BCUT2D eigenvalue weighted by molar-refractivity contribution is -0.117. The average Bonchev–Trinajstić information content (AvgIpc) is 2.94. The van der Waals surface area contributed by atoms with Crippen LogP contribution in [0.4, 0.5) is 8.78 Å². The molecule has 1 atom stereocenters. The molecule has 1 aromatic carbocycles. The molecule has 0 saturated carbocycles. The van der Waals surface area contributed by atoms with Crippen LogP contribution in [-0.2, 0) is 27.7 Å². The molecule has 0 spiro atoms. The topological polar surface area (TPSA) is 75.8 Å². The van der Waals surface area contributed by atoms with E-state index in [9.17, 15) is 17.8 Å². The number of hydrogen-bond acceptors (Lipinski definition) is 4. The second-order valence-electron chi connectivity index (χ2n) is 8.15. The Morgan fingerprint density at radius 2 is 1.80 bits per heavy atom. The summed E-state index contributed by atoms with van der Waals surface area (Å²) < 4.78 is 45.1. The fourth-order valence-corrected chi connectivity index (χ4v) is 5.96. The molecule has 0 radical (unpaired) electrons. The van der Waals surface area contributed by atoms with Gasteiger partial charge in [-0.15, -0.1) is 15.7 Å². The van der Waals surface area contributed by atoms with Gasteiger partial charge in [0.15, 0.2) is 19.9 Å². The van der Waals surface area contributed by atoms with Crippen LogP contribution < -0.4 is 5.14 Å². The normalized spacial score (nSPS) is 13.9. The second kappa shape index (κ2) is 9.64. The van der Waals surface area contributed by atoms with Gasteiger partial charge in [0.25, 0.3) is 5.91 Å². The number of carbonyl (C=O) groups is 1. The third kappa shape index (κ3) is 5.72. The smallest absolute Gasteiger partial charge is 0.259 e. The minimum Gasteiger partial charge on any atom is -0.304 e. The van der Waals surface area contributed by atoms with Gasteiger partial charge in [-0.2, -0.15) is 0 Å². The van der Waals surface area contributed by atoms with E-state index in [1.165, 1.54) is 12.1 Å². The van der Waals surface area contributed by atoms with Crippen LogP contribution in [0.15, 0.2) is 26.8 Å². The van der Waals surface area contributed by atoms with E-state index in [2.05, 4.69) is 4.36 Å². The molecule has 166 valence electrons. The number of nitrogens with zero attached hydrogens (tertiary/aromatic N) is 2. The molecular weight excluding hydrogens is 428 g/mol. The maximum Gasteiger partial charge on any atom is 0.259 e. The van der Waals surface area contributed by atoms with Crippen molar-refractivity contribution in [1.29, 1.82) is 0 Å². The van der Waals surface area contributed by atoms with Crippen LogP contribution in [0.1, 0.15) is 61.1 Å². The summed E-state index contributed by atoms with van der Waals surface area (Å²) in [5.41, 5.74) is 1.79. The zero-order chi connectivity index (χ0) is 22.8. The van der Waals surface area contributed by atoms with Crippen molar-refractivity contribution in [3.05, 3.63) is 51.4 Å². The molecule has 0 bridgehead atoms. The van der Waals surface area contributed by atoms with Gasteiger partial charge in [0.1, 0.15) is 5.82 Å². The number of nitrogens with two attached hydrogens (primary N) is 1. The van der Waals surface area contributed by atoms with E-state index in [4.69, 9.17) is 5.14 Å². The minimum absolute atomic E-state index is 0.0523.